The maximum absolute atomic E-state index is 13.2. The zero-order valence-electron chi connectivity index (χ0n) is 31.2. The maximum Gasteiger partial charge on any atom is 0.320 e. The number of carboxylic acid groups (broad SMARTS) is 1. The van der Waals surface area contributed by atoms with Crippen molar-refractivity contribution in [2.24, 2.45) is 0 Å². The summed E-state index contributed by atoms with van der Waals surface area (Å²) in [6.07, 6.45) is 7.12. The highest BCUT2D eigenvalue weighted by Gasteiger charge is 2.29. The number of nitriles is 1. The van der Waals surface area contributed by atoms with Gasteiger partial charge in [-0.2, -0.15) is 5.26 Å². The quantitative estimate of drug-likeness (QED) is 0.0741. The molecule has 0 saturated carbocycles. The number of hydrogen-bond acceptors (Lipinski definition) is 11. The summed E-state index contributed by atoms with van der Waals surface area (Å²) in [4.78, 5) is 36.5. The number of likely N-dealkylation sites (tertiary alicyclic amines) is 1. The molecule has 0 radical (unpaired) electrons. The van der Waals surface area contributed by atoms with Crippen molar-refractivity contribution < 1.29 is 29.3 Å². The lowest BCUT2D eigenvalue weighted by atomic mass is 9.93. The highest BCUT2D eigenvalue weighted by molar-refractivity contribution is 7.13. The lowest BCUT2D eigenvalue weighted by Gasteiger charge is -2.33. The van der Waals surface area contributed by atoms with Crippen LogP contribution in [0.25, 0.3) is 11.1 Å². The highest BCUT2D eigenvalue weighted by atomic mass is 35.5. The van der Waals surface area contributed by atoms with Gasteiger partial charge in [-0.15, -0.1) is 11.3 Å². The Balaban J connectivity index is 1.21. The fourth-order valence-electron chi connectivity index (χ4n) is 6.72. The van der Waals surface area contributed by atoms with E-state index in [0.717, 1.165) is 51.1 Å². The largest absolute Gasteiger partial charge is 0.488 e. The van der Waals surface area contributed by atoms with Crippen molar-refractivity contribution in [2.75, 3.05) is 25.0 Å². The average molecular weight is 795 g/mol. The second-order valence-corrected chi connectivity index (χ2v) is 15.1. The van der Waals surface area contributed by atoms with Gasteiger partial charge in [0.2, 0.25) is 0 Å². The van der Waals surface area contributed by atoms with Gasteiger partial charge in [0.25, 0.3) is 5.91 Å². The molecular weight excluding hydrogens is 752 g/mol. The summed E-state index contributed by atoms with van der Waals surface area (Å²) in [6, 6.07) is 18.5. The molecule has 6 rings (SSSR count). The zero-order valence-corrected chi connectivity index (χ0v) is 32.8. The molecule has 12 nitrogen and oxygen atoms in total. The third-order valence-corrected chi connectivity index (χ3v) is 11.0. The van der Waals surface area contributed by atoms with Crippen LogP contribution in [-0.4, -0.2) is 62.7 Å². The van der Waals surface area contributed by atoms with Gasteiger partial charge in [-0.1, -0.05) is 48.4 Å². The molecule has 1 fully saturated rings. The van der Waals surface area contributed by atoms with E-state index < -0.39 is 12.0 Å². The number of carbonyl (C=O) groups is 2. The summed E-state index contributed by atoms with van der Waals surface area (Å²) in [5.74, 6) is -0.244. The van der Waals surface area contributed by atoms with Crippen LogP contribution in [0, 0.1) is 25.2 Å². The Morgan fingerprint density at radius 1 is 1.00 bits per heavy atom. The van der Waals surface area contributed by atoms with Crippen molar-refractivity contribution in [3.05, 3.63) is 121 Å². The van der Waals surface area contributed by atoms with E-state index in [1.54, 1.807) is 30.6 Å². The molecule has 0 spiro atoms. The third-order valence-electron chi connectivity index (χ3n) is 9.74. The van der Waals surface area contributed by atoms with Crippen molar-refractivity contribution >= 4 is 40.5 Å². The molecular formula is C42H43ClN6O6S. The van der Waals surface area contributed by atoms with Gasteiger partial charge in [-0.3, -0.25) is 19.5 Å². The molecule has 1 atom stereocenters. The van der Waals surface area contributed by atoms with E-state index in [-0.39, 0.29) is 25.7 Å². The summed E-state index contributed by atoms with van der Waals surface area (Å²) < 4.78 is 12.7. The van der Waals surface area contributed by atoms with Crippen molar-refractivity contribution in [3.8, 4) is 28.7 Å². The van der Waals surface area contributed by atoms with Crippen molar-refractivity contribution in [1.29, 1.82) is 5.26 Å². The molecule has 1 amide bonds. The number of amides is 1. The lowest BCUT2D eigenvalue weighted by molar-refractivity contribution is -0.144. The number of carboxylic acids is 1. The van der Waals surface area contributed by atoms with Crippen LogP contribution in [0.5, 0.6) is 11.5 Å². The number of anilines is 1. The van der Waals surface area contributed by atoms with Crippen LogP contribution < -0.4 is 20.1 Å². The maximum atomic E-state index is 13.2. The summed E-state index contributed by atoms with van der Waals surface area (Å²) in [6.45, 7) is 6.33. The number of thiazole rings is 1. The molecule has 290 valence electrons. The van der Waals surface area contributed by atoms with E-state index in [9.17, 15) is 20.0 Å². The van der Waals surface area contributed by atoms with Crippen LogP contribution in [-0.2, 0) is 31.1 Å². The number of piperidine rings is 1. The Labute approximate surface area is 334 Å². The minimum absolute atomic E-state index is 0.0362. The van der Waals surface area contributed by atoms with Crippen LogP contribution in [0.1, 0.15) is 67.3 Å². The third kappa shape index (κ3) is 9.89. The molecule has 1 saturated heterocycles. The number of aliphatic carboxylic acids is 1. The van der Waals surface area contributed by atoms with Gasteiger partial charge in [0.15, 0.2) is 5.01 Å². The summed E-state index contributed by atoms with van der Waals surface area (Å²) in [7, 11) is 0. The van der Waals surface area contributed by atoms with Gasteiger partial charge in [-0.25, -0.2) is 4.98 Å². The van der Waals surface area contributed by atoms with E-state index in [1.807, 2.05) is 55.1 Å². The molecule has 0 aliphatic carbocycles. The summed E-state index contributed by atoms with van der Waals surface area (Å²) in [5, 5.41) is 35.1. The van der Waals surface area contributed by atoms with E-state index in [0.29, 0.717) is 70.9 Å². The van der Waals surface area contributed by atoms with Gasteiger partial charge < -0.3 is 30.3 Å². The molecule has 56 heavy (non-hydrogen) atoms. The molecule has 2 aromatic heterocycles. The molecule has 4 N–H and O–H groups in total. The van der Waals surface area contributed by atoms with Crippen LogP contribution in [0.2, 0.25) is 5.02 Å². The van der Waals surface area contributed by atoms with Crippen molar-refractivity contribution in [1.82, 2.24) is 20.2 Å². The Morgan fingerprint density at radius 3 is 2.57 bits per heavy atom. The number of rotatable bonds is 16. The topological polar surface area (TPSA) is 170 Å². The zero-order chi connectivity index (χ0) is 39.6. The van der Waals surface area contributed by atoms with Gasteiger partial charge >= 0.3 is 5.97 Å². The first-order valence-corrected chi connectivity index (χ1v) is 19.5. The first kappa shape index (κ1) is 40.3. The predicted molar refractivity (Wildman–Crippen MR) is 215 cm³/mol. The number of halogens is 1. The summed E-state index contributed by atoms with van der Waals surface area (Å²) >= 11 is 8.15. The molecule has 5 aromatic rings. The molecule has 1 aliphatic rings. The Kier molecular flexibility index (Phi) is 13.7. The first-order valence-electron chi connectivity index (χ1n) is 18.3. The normalized spacial score (nSPS) is 14.2. The van der Waals surface area contributed by atoms with Crippen LogP contribution >= 0.6 is 22.9 Å². The number of ether oxygens (including phenoxy) is 2. The monoisotopic (exact) mass is 794 g/mol. The van der Waals surface area contributed by atoms with Crippen molar-refractivity contribution in [3.63, 3.8) is 0 Å². The number of aliphatic hydroxyl groups excluding tert-OH is 1. The van der Waals surface area contributed by atoms with Crippen LogP contribution in [0.15, 0.2) is 73.2 Å². The Bertz CT molecular complexity index is 2240. The smallest absolute Gasteiger partial charge is 0.320 e. The Hall–Kier alpha value is -5.36. The highest BCUT2D eigenvalue weighted by Crippen LogP contribution is 2.37. The average Bonchev–Trinajstić information content (AvgIpc) is 3.68. The van der Waals surface area contributed by atoms with Gasteiger partial charge in [-0.05, 0) is 79.3 Å². The number of aliphatic hydroxyl groups is 1. The number of benzene rings is 3. The van der Waals surface area contributed by atoms with Crippen LogP contribution in [0.3, 0.4) is 0 Å². The minimum atomic E-state index is -0.851. The van der Waals surface area contributed by atoms with E-state index in [2.05, 4.69) is 26.7 Å². The van der Waals surface area contributed by atoms with Crippen molar-refractivity contribution in [2.45, 2.75) is 65.5 Å². The number of carbonyl (C=O) groups excluding carboxylic acids is 1. The Morgan fingerprint density at radius 2 is 1.79 bits per heavy atom. The van der Waals surface area contributed by atoms with Gasteiger partial charge in [0, 0.05) is 66.0 Å². The predicted octanol–water partition coefficient (Wildman–Crippen LogP) is 7.28. The molecule has 0 bridgehead atoms. The SMILES string of the molecule is Cc1c(COc2cc(OCc3cncc(C#N)c3)c(CN3CCCC[C@H]3C(=O)O)cc2Cl)cccc1-c1cccc(NC(=O)c2ncc(CNCCO)s2)c1C. The molecule has 14 heteroatoms. The fraction of sp³-hybridized carbons (Fsp3) is 0.310. The number of nitrogens with zero attached hydrogens (tertiary/aromatic N) is 4. The van der Waals surface area contributed by atoms with Crippen LogP contribution in [0.4, 0.5) is 5.69 Å². The van der Waals surface area contributed by atoms with E-state index >= 15 is 0 Å². The molecule has 3 aromatic carbocycles. The standard InChI is InChI=1S/C42H43ClN6O6S/c1-26-30(7-5-8-33(26)34-9-6-10-36(27(34)2)48-40(51)41-47-22-32(56-41)21-45-12-14-50)25-55-39-17-38(54-24-29-15-28(18-44)19-46-20-29)31(16-35(39)43)23-49-13-4-3-11-37(49)42(52)53/h5-10,15-17,19-20,22,37,45,50H,3-4,11-14,21,23-25H2,1-2H3,(H,48,51)(H,52,53)/t37-/m0/s1. The van der Waals surface area contributed by atoms with E-state index in [4.69, 9.17) is 26.2 Å². The number of nitrogens with one attached hydrogen (secondary N) is 2. The second kappa shape index (κ2) is 19.0. The van der Waals surface area contributed by atoms with Gasteiger partial charge in [0.05, 0.1) is 17.2 Å². The van der Waals surface area contributed by atoms with E-state index in [1.165, 1.54) is 17.5 Å². The molecule has 3 heterocycles. The second-order valence-electron chi connectivity index (χ2n) is 13.5. The first-order chi connectivity index (χ1) is 27.1. The number of pyridine rings is 1. The number of hydrogen-bond donors (Lipinski definition) is 4. The number of aromatic nitrogens is 2. The fourth-order valence-corrected chi connectivity index (χ4v) is 7.74. The molecule has 1 aliphatic heterocycles. The van der Waals surface area contributed by atoms with Gasteiger partial charge in [0.1, 0.15) is 36.8 Å². The summed E-state index contributed by atoms with van der Waals surface area (Å²) in [5.41, 5.74) is 7.31. The minimum Gasteiger partial charge on any atom is -0.488 e. The lowest BCUT2D eigenvalue weighted by Crippen LogP contribution is -2.44. The molecule has 0 unspecified atom stereocenters.